The minimum absolute atomic E-state index is 0.406. The summed E-state index contributed by atoms with van der Waals surface area (Å²) >= 11 is 0. The van der Waals surface area contributed by atoms with Gasteiger partial charge in [0.15, 0.2) is 0 Å². The fraction of sp³-hybridized carbons (Fsp3) is 0.125. The molecule has 1 rings (SSSR count). The Hall–Kier alpha value is -2.10. The molecule has 0 aliphatic rings. The van der Waals surface area contributed by atoms with E-state index in [-0.39, 0.29) is 0 Å². The van der Waals surface area contributed by atoms with Crippen LogP contribution >= 0.6 is 0 Å². The molecule has 0 saturated carbocycles. The largest absolute Gasteiger partial charge is 0.478 e. The quantitative estimate of drug-likeness (QED) is 0.774. The van der Waals surface area contributed by atoms with Crippen LogP contribution in [0, 0.1) is 11.3 Å². The van der Waals surface area contributed by atoms with Gasteiger partial charge >= 0.3 is 12.1 Å². The second kappa shape index (κ2) is 3.57. The summed E-state index contributed by atoms with van der Waals surface area (Å²) in [4.78, 5) is 13.4. The van der Waals surface area contributed by atoms with E-state index in [0.717, 1.165) is 0 Å². The van der Waals surface area contributed by atoms with Gasteiger partial charge < -0.3 is 5.11 Å². The molecule has 1 N–H and O–H groups in total. The molecule has 0 atom stereocenters. The molecule has 0 spiro atoms. The van der Waals surface area contributed by atoms with Crippen LogP contribution in [0.3, 0.4) is 0 Å². The molecular weight excluding hydrogens is 213 g/mol. The number of aromatic carboxylic acids is 1. The number of hydrogen-bond donors (Lipinski definition) is 1. The van der Waals surface area contributed by atoms with Gasteiger partial charge in [-0.1, -0.05) is 0 Å². The molecule has 0 amide bonds. The van der Waals surface area contributed by atoms with E-state index in [1.807, 2.05) is 0 Å². The molecule has 0 bridgehead atoms. The molecule has 0 aromatic carbocycles. The maximum absolute atomic E-state index is 12.1. The minimum Gasteiger partial charge on any atom is -0.478 e. The van der Waals surface area contributed by atoms with Gasteiger partial charge in [-0.3, -0.25) is 4.98 Å². The summed E-state index contributed by atoms with van der Waals surface area (Å²) in [5.74, 6) is -1.49. The molecule has 1 aromatic rings. The molecule has 1 heterocycles. The lowest BCUT2D eigenvalue weighted by atomic mass is 10.1. The Labute approximate surface area is 81.6 Å². The van der Waals surface area contributed by atoms with Crippen molar-refractivity contribution in [2.24, 2.45) is 0 Å². The third-order valence-corrected chi connectivity index (χ3v) is 1.55. The number of nitrogens with zero attached hydrogens (tertiary/aromatic N) is 2. The number of carbonyl (C=O) groups is 1. The van der Waals surface area contributed by atoms with Crippen molar-refractivity contribution < 1.29 is 23.1 Å². The molecule has 15 heavy (non-hydrogen) atoms. The summed E-state index contributed by atoms with van der Waals surface area (Å²) in [6.07, 6.45) is -4.17. The summed E-state index contributed by atoms with van der Waals surface area (Å²) in [6.45, 7) is 0. The Balaban J connectivity index is 3.34. The van der Waals surface area contributed by atoms with Crippen LogP contribution in [-0.4, -0.2) is 16.1 Å². The summed E-state index contributed by atoms with van der Waals surface area (Å²) < 4.78 is 36.4. The standard InChI is InChI=1S/C8H3F3N2O2/c9-8(10,11)6-1-4(2-12)5(3-13-6)7(14)15/h1,3H,(H,14,15). The fourth-order valence-electron chi connectivity index (χ4n) is 0.873. The molecule has 4 nitrogen and oxygen atoms in total. The summed E-state index contributed by atoms with van der Waals surface area (Å²) in [7, 11) is 0. The van der Waals surface area contributed by atoms with Crippen LogP contribution in [0.1, 0.15) is 21.6 Å². The summed E-state index contributed by atoms with van der Waals surface area (Å²) in [5, 5.41) is 17.0. The van der Waals surface area contributed by atoms with Gasteiger partial charge in [0.2, 0.25) is 0 Å². The third kappa shape index (κ3) is 2.22. The fourth-order valence-corrected chi connectivity index (χ4v) is 0.873. The number of pyridine rings is 1. The highest BCUT2D eigenvalue weighted by atomic mass is 19.4. The predicted octanol–water partition coefficient (Wildman–Crippen LogP) is 1.67. The number of carboxylic acids is 1. The number of hydrogen-bond acceptors (Lipinski definition) is 3. The zero-order valence-corrected chi connectivity index (χ0v) is 7.04. The smallest absolute Gasteiger partial charge is 0.433 e. The van der Waals surface area contributed by atoms with Crippen molar-refractivity contribution in [1.82, 2.24) is 4.98 Å². The summed E-state index contributed by atoms with van der Waals surface area (Å²) in [6, 6.07) is 1.77. The van der Waals surface area contributed by atoms with E-state index in [9.17, 15) is 18.0 Å². The average Bonchev–Trinajstić information content (AvgIpc) is 2.15. The zero-order valence-electron chi connectivity index (χ0n) is 7.04. The molecule has 0 aliphatic heterocycles. The first-order chi connectivity index (χ1) is 6.86. The molecular formula is C8H3F3N2O2. The van der Waals surface area contributed by atoms with E-state index < -0.39 is 29.0 Å². The van der Waals surface area contributed by atoms with E-state index in [1.165, 1.54) is 6.07 Å². The Kier molecular flexibility index (Phi) is 2.61. The lowest BCUT2D eigenvalue weighted by Gasteiger charge is -2.06. The number of aromatic nitrogens is 1. The first-order valence-electron chi connectivity index (χ1n) is 3.57. The van der Waals surface area contributed by atoms with Gasteiger partial charge in [0.1, 0.15) is 11.8 Å². The van der Waals surface area contributed by atoms with Gasteiger partial charge in [0.05, 0.1) is 11.1 Å². The monoisotopic (exact) mass is 216 g/mol. The van der Waals surface area contributed by atoms with Gasteiger partial charge in [0.25, 0.3) is 0 Å². The van der Waals surface area contributed by atoms with E-state index in [1.54, 1.807) is 0 Å². The molecule has 0 saturated heterocycles. The lowest BCUT2D eigenvalue weighted by molar-refractivity contribution is -0.141. The maximum atomic E-state index is 12.1. The Bertz CT molecular complexity index is 448. The van der Waals surface area contributed by atoms with Crippen LogP contribution < -0.4 is 0 Å². The first-order valence-corrected chi connectivity index (χ1v) is 3.57. The van der Waals surface area contributed by atoms with Gasteiger partial charge in [-0.05, 0) is 6.07 Å². The van der Waals surface area contributed by atoms with Gasteiger partial charge in [0, 0.05) is 6.20 Å². The van der Waals surface area contributed by atoms with Crippen LogP contribution in [0.25, 0.3) is 0 Å². The van der Waals surface area contributed by atoms with Crippen LogP contribution in [0.4, 0.5) is 13.2 Å². The van der Waals surface area contributed by atoms with Gasteiger partial charge in [-0.25, -0.2) is 4.79 Å². The molecule has 0 unspecified atom stereocenters. The molecule has 0 fully saturated rings. The number of carboxylic acid groups (broad SMARTS) is 1. The normalized spacial score (nSPS) is 10.8. The topological polar surface area (TPSA) is 74.0 Å². The van der Waals surface area contributed by atoms with Gasteiger partial charge in [-0.15, -0.1) is 0 Å². The highest BCUT2D eigenvalue weighted by Crippen LogP contribution is 2.28. The maximum Gasteiger partial charge on any atom is 0.433 e. The Morgan fingerprint density at radius 2 is 2.13 bits per heavy atom. The lowest BCUT2D eigenvalue weighted by Crippen LogP contribution is -2.11. The first kappa shape index (κ1) is 11.0. The Morgan fingerprint density at radius 1 is 1.53 bits per heavy atom. The van der Waals surface area contributed by atoms with Crippen molar-refractivity contribution >= 4 is 5.97 Å². The average molecular weight is 216 g/mol. The highest BCUT2D eigenvalue weighted by molar-refractivity contribution is 5.90. The zero-order chi connectivity index (χ0) is 11.6. The highest BCUT2D eigenvalue weighted by Gasteiger charge is 2.33. The van der Waals surface area contributed by atoms with Crippen molar-refractivity contribution in [3.05, 3.63) is 29.1 Å². The van der Waals surface area contributed by atoms with Crippen LogP contribution in [0.5, 0.6) is 0 Å². The van der Waals surface area contributed by atoms with Crippen molar-refractivity contribution in [1.29, 1.82) is 5.26 Å². The van der Waals surface area contributed by atoms with Crippen molar-refractivity contribution in [3.8, 4) is 6.07 Å². The van der Waals surface area contributed by atoms with Crippen LogP contribution in [0.15, 0.2) is 12.3 Å². The van der Waals surface area contributed by atoms with Crippen molar-refractivity contribution in [2.75, 3.05) is 0 Å². The van der Waals surface area contributed by atoms with E-state index in [2.05, 4.69) is 4.98 Å². The van der Waals surface area contributed by atoms with Crippen molar-refractivity contribution in [3.63, 3.8) is 0 Å². The molecule has 1 aromatic heterocycles. The van der Waals surface area contributed by atoms with Crippen molar-refractivity contribution in [2.45, 2.75) is 6.18 Å². The number of alkyl halides is 3. The molecule has 0 radical (unpaired) electrons. The van der Waals surface area contributed by atoms with E-state index >= 15 is 0 Å². The van der Waals surface area contributed by atoms with E-state index in [4.69, 9.17) is 10.4 Å². The molecule has 7 heteroatoms. The number of rotatable bonds is 1. The van der Waals surface area contributed by atoms with Crippen LogP contribution in [-0.2, 0) is 6.18 Å². The number of halogens is 3. The van der Waals surface area contributed by atoms with E-state index in [0.29, 0.717) is 12.3 Å². The predicted molar refractivity (Wildman–Crippen MR) is 40.9 cm³/mol. The third-order valence-electron chi connectivity index (χ3n) is 1.55. The molecule has 0 aliphatic carbocycles. The minimum atomic E-state index is -4.69. The molecule has 78 valence electrons. The summed E-state index contributed by atoms with van der Waals surface area (Å²) in [5.41, 5.74) is -2.40. The van der Waals surface area contributed by atoms with Crippen LogP contribution in [0.2, 0.25) is 0 Å². The second-order valence-corrected chi connectivity index (χ2v) is 2.53. The second-order valence-electron chi connectivity index (χ2n) is 2.53. The Morgan fingerprint density at radius 3 is 2.53 bits per heavy atom. The number of nitriles is 1. The SMILES string of the molecule is N#Cc1cc(C(F)(F)F)ncc1C(=O)O. The van der Waals surface area contributed by atoms with Gasteiger partial charge in [-0.2, -0.15) is 18.4 Å².